The first-order chi connectivity index (χ1) is 11.0. The fourth-order valence-corrected chi connectivity index (χ4v) is 2.75. The van der Waals surface area contributed by atoms with Gasteiger partial charge in [-0.05, 0) is 31.0 Å². The molecular weight excluding hydrogens is 292 g/mol. The van der Waals surface area contributed by atoms with Gasteiger partial charge in [0, 0.05) is 38.9 Å². The molecule has 2 N–H and O–H groups in total. The number of nitrogens with one attached hydrogen (secondary N) is 2. The van der Waals surface area contributed by atoms with Crippen molar-refractivity contribution in [1.82, 2.24) is 15.5 Å². The number of benzene rings is 1. The molecule has 0 bridgehead atoms. The number of carbonyl (C=O) groups is 2. The number of rotatable bonds is 5. The van der Waals surface area contributed by atoms with Crippen LogP contribution >= 0.6 is 0 Å². The molecule has 6 nitrogen and oxygen atoms in total. The second-order valence-corrected chi connectivity index (χ2v) is 5.93. The molecule has 0 saturated carbocycles. The second kappa shape index (κ2) is 7.97. The smallest absolute Gasteiger partial charge is 0.239 e. The van der Waals surface area contributed by atoms with Gasteiger partial charge in [-0.15, -0.1) is 0 Å². The van der Waals surface area contributed by atoms with Crippen molar-refractivity contribution in [3.05, 3.63) is 29.3 Å². The van der Waals surface area contributed by atoms with Crippen LogP contribution in [-0.2, 0) is 9.59 Å². The highest BCUT2D eigenvalue weighted by Crippen LogP contribution is 2.23. The average molecular weight is 318 g/mol. The van der Waals surface area contributed by atoms with Gasteiger partial charge >= 0.3 is 0 Å². The van der Waals surface area contributed by atoms with Crippen LogP contribution in [0.4, 0.5) is 5.69 Å². The molecule has 1 aromatic rings. The topological polar surface area (TPSA) is 64.7 Å². The molecule has 1 aliphatic rings. The third-order valence-electron chi connectivity index (χ3n) is 4.38. The Labute approximate surface area is 137 Å². The van der Waals surface area contributed by atoms with Crippen molar-refractivity contribution in [2.24, 2.45) is 0 Å². The number of likely N-dealkylation sites (N-methyl/N-ethyl adjacent to an activating group) is 1. The number of piperazine rings is 1. The zero-order chi connectivity index (χ0) is 16.8. The number of hydrogen-bond acceptors (Lipinski definition) is 4. The zero-order valence-corrected chi connectivity index (χ0v) is 14.2. The quantitative estimate of drug-likeness (QED) is 0.819. The third kappa shape index (κ3) is 4.69. The Hall–Kier alpha value is -2.08. The maximum Gasteiger partial charge on any atom is 0.239 e. The van der Waals surface area contributed by atoms with E-state index in [0.717, 1.165) is 26.2 Å². The number of amides is 2. The van der Waals surface area contributed by atoms with Crippen LogP contribution in [0, 0.1) is 13.8 Å². The SMILES string of the molecule is CNC(=O)CNC(=O)CN1CCN(c2cccc(C)c2C)CC1. The van der Waals surface area contributed by atoms with Crippen LogP contribution in [0.3, 0.4) is 0 Å². The van der Waals surface area contributed by atoms with Gasteiger partial charge in [0.05, 0.1) is 13.1 Å². The first-order valence-electron chi connectivity index (χ1n) is 8.02. The lowest BCUT2D eigenvalue weighted by molar-refractivity contribution is -0.126. The van der Waals surface area contributed by atoms with Gasteiger partial charge in [-0.3, -0.25) is 14.5 Å². The minimum atomic E-state index is -0.182. The molecule has 23 heavy (non-hydrogen) atoms. The summed E-state index contributed by atoms with van der Waals surface area (Å²) in [6.07, 6.45) is 0. The molecule has 2 amide bonds. The molecule has 0 aliphatic carbocycles. The standard InChI is InChI=1S/C17H26N4O2/c1-13-5-4-6-15(14(13)2)21-9-7-20(8-10-21)12-17(23)19-11-16(22)18-3/h4-6H,7-12H2,1-3H3,(H,18,22)(H,19,23). The molecule has 2 rings (SSSR count). The van der Waals surface area contributed by atoms with Crippen LogP contribution in [0.15, 0.2) is 18.2 Å². The molecule has 0 spiro atoms. The highest BCUT2D eigenvalue weighted by Gasteiger charge is 2.20. The van der Waals surface area contributed by atoms with Crippen molar-refractivity contribution in [3.63, 3.8) is 0 Å². The first kappa shape index (κ1) is 17.3. The lowest BCUT2D eigenvalue weighted by atomic mass is 10.1. The van der Waals surface area contributed by atoms with Gasteiger partial charge in [0.15, 0.2) is 0 Å². The van der Waals surface area contributed by atoms with E-state index >= 15 is 0 Å². The highest BCUT2D eigenvalue weighted by molar-refractivity contribution is 5.85. The van der Waals surface area contributed by atoms with Crippen molar-refractivity contribution in [2.75, 3.05) is 51.2 Å². The maximum atomic E-state index is 11.8. The van der Waals surface area contributed by atoms with Crippen molar-refractivity contribution in [1.29, 1.82) is 0 Å². The largest absolute Gasteiger partial charge is 0.369 e. The van der Waals surface area contributed by atoms with E-state index in [1.807, 2.05) is 0 Å². The molecule has 1 aliphatic heterocycles. The van der Waals surface area contributed by atoms with Crippen molar-refractivity contribution in [3.8, 4) is 0 Å². The van der Waals surface area contributed by atoms with Gasteiger partial charge in [-0.2, -0.15) is 0 Å². The summed E-state index contributed by atoms with van der Waals surface area (Å²) < 4.78 is 0. The Bertz CT molecular complexity index is 566. The fourth-order valence-electron chi connectivity index (χ4n) is 2.75. The predicted octanol–water partition coefficient (Wildman–Crippen LogP) is 0.288. The van der Waals surface area contributed by atoms with E-state index in [1.165, 1.54) is 16.8 Å². The Balaban J connectivity index is 1.81. The lowest BCUT2D eigenvalue weighted by Gasteiger charge is -2.36. The Morgan fingerprint density at radius 2 is 1.78 bits per heavy atom. The summed E-state index contributed by atoms with van der Waals surface area (Å²) in [5, 5.41) is 5.12. The molecule has 126 valence electrons. The van der Waals surface area contributed by atoms with Gasteiger partial charge in [-0.25, -0.2) is 0 Å². The summed E-state index contributed by atoms with van der Waals surface area (Å²) in [5.74, 6) is -0.285. The molecule has 0 aromatic heterocycles. The minimum absolute atomic E-state index is 0.0395. The summed E-state index contributed by atoms with van der Waals surface area (Å²) in [6.45, 7) is 8.19. The Morgan fingerprint density at radius 3 is 2.43 bits per heavy atom. The predicted molar refractivity (Wildman–Crippen MR) is 91.6 cm³/mol. The number of nitrogens with zero attached hydrogens (tertiary/aromatic N) is 2. The third-order valence-corrected chi connectivity index (χ3v) is 4.38. The van der Waals surface area contributed by atoms with E-state index < -0.39 is 0 Å². The van der Waals surface area contributed by atoms with Gasteiger partial charge in [0.2, 0.25) is 11.8 Å². The number of anilines is 1. The van der Waals surface area contributed by atoms with Crippen LogP contribution in [0.5, 0.6) is 0 Å². The van der Waals surface area contributed by atoms with Crippen LogP contribution in [-0.4, -0.2) is 63.0 Å². The molecule has 1 fully saturated rings. The average Bonchev–Trinajstić information content (AvgIpc) is 2.56. The molecule has 0 atom stereocenters. The summed E-state index contributed by atoms with van der Waals surface area (Å²) >= 11 is 0. The molecule has 0 unspecified atom stereocenters. The number of hydrogen-bond donors (Lipinski definition) is 2. The van der Waals surface area contributed by atoms with Crippen LogP contribution in [0.25, 0.3) is 0 Å². The van der Waals surface area contributed by atoms with Crippen molar-refractivity contribution in [2.45, 2.75) is 13.8 Å². The van der Waals surface area contributed by atoms with Gasteiger partial charge in [0.1, 0.15) is 0 Å². The monoisotopic (exact) mass is 318 g/mol. The lowest BCUT2D eigenvalue weighted by Crippen LogP contribution is -2.50. The van der Waals surface area contributed by atoms with Crippen LogP contribution < -0.4 is 15.5 Å². The minimum Gasteiger partial charge on any atom is -0.369 e. The van der Waals surface area contributed by atoms with E-state index in [0.29, 0.717) is 6.54 Å². The van der Waals surface area contributed by atoms with E-state index in [9.17, 15) is 9.59 Å². The van der Waals surface area contributed by atoms with Crippen molar-refractivity contribution >= 4 is 17.5 Å². The maximum absolute atomic E-state index is 11.8. The summed E-state index contributed by atoms with van der Waals surface area (Å²) in [4.78, 5) is 27.5. The van der Waals surface area contributed by atoms with Crippen LogP contribution in [0.2, 0.25) is 0 Å². The van der Waals surface area contributed by atoms with Gasteiger partial charge in [0.25, 0.3) is 0 Å². The van der Waals surface area contributed by atoms with Crippen LogP contribution in [0.1, 0.15) is 11.1 Å². The molecule has 6 heteroatoms. The summed E-state index contributed by atoms with van der Waals surface area (Å²) in [5.41, 5.74) is 3.91. The summed E-state index contributed by atoms with van der Waals surface area (Å²) in [7, 11) is 1.56. The fraction of sp³-hybridized carbons (Fsp3) is 0.529. The highest BCUT2D eigenvalue weighted by atomic mass is 16.2. The molecule has 0 radical (unpaired) electrons. The first-order valence-corrected chi connectivity index (χ1v) is 8.02. The van der Waals surface area contributed by atoms with E-state index in [-0.39, 0.29) is 18.4 Å². The number of aryl methyl sites for hydroxylation is 1. The molecule has 1 heterocycles. The van der Waals surface area contributed by atoms with Crippen molar-refractivity contribution < 1.29 is 9.59 Å². The number of carbonyl (C=O) groups excluding carboxylic acids is 2. The molecular formula is C17H26N4O2. The summed E-state index contributed by atoms with van der Waals surface area (Å²) in [6, 6.07) is 6.39. The van der Waals surface area contributed by atoms with Gasteiger partial charge in [-0.1, -0.05) is 12.1 Å². The van der Waals surface area contributed by atoms with E-state index in [4.69, 9.17) is 0 Å². The van der Waals surface area contributed by atoms with E-state index in [2.05, 4.69) is 52.5 Å². The van der Waals surface area contributed by atoms with E-state index in [1.54, 1.807) is 7.05 Å². The van der Waals surface area contributed by atoms with Gasteiger partial charge < -0.3 is 15.5 Å². The second-order valence-electron chi connectivity index (χ2n) is 5.93. The molecule has 1 aromatic carbocycles. The molecule has 1 saturated heterocycles. The normalized spacial score (nSPS) is 15.3. The Morgan fingerprint density at radius 1 is 1.09 bits per heavy atom. The zero-order valence-electron chi connectivity index (χ0n) is 14.2. The Kier molecular flexibility index (Phi) is 5.98.